The molecule has 0 aromatic heterocycles. The van der Waals surface area contributed by atoms with Crippen molar-refractivity contribution in [3.05, 3.63) is 35.9 Å². The lowest BCUT2D eigenvalue weighted by Gasteiger charge is -2.29. The Hall–Kier alpha value is -2.04. The molecule has 0 spiro atoms. The molecule has 20 heavy (non-hydrogen) atoms. The van der Waals surface area contributed by atoms with Crippen molar-refractivity contribution in [2.75, 3.05) is 20.8 Å². The first-order valence-electron chi connectivity index (χ1n) is 6.66. The van der Waals surface area contributed by atoms with Gasteiger partial charge in [-0.15, -0.1) is 0 Å². The molecule has 0 saturated carbocycles. The molecular weight excluding hydrogens is 258 g/mol. The van der Waals surface area contributed by atoms with Crippen molar-refractivity contribution in [3.8, 4) is 0 Å². The van der Waals surface area contributed by atoms with Crippen molar-refractivity contribution in [2.24, 2.45) is 0 Å². The van der Waals surface area contributed by atoms with Crippen molar-refractivity contribution >= 4 is 12.1 Å². The minimum Gasteiger partial charge on any atom is -0.468 e. The first-order chi connectivity index (χ1) is 9.69. The van der Waals surface area contributed by atoms with E-state index in [1.807, 2.05) is 30.3 Å². The topological polar surface area (TPSA) is 55.8 Å². The average molecular weight is 277 g/mol. The van der Waals surface area contributed by atoms with Crippen molar-refractivity contribution in [1.82, 2.24) is 4.90 Å². The molecular formula is C15H19NO4. The molecule has 1 aliphatic rings. The Morgan fingerprint density at radius 3 is 2.50 bits per heavy atom. The van der Waals surface area contributed by atoms with E-state index < -0.39 is 12.0 Å². The van der Waals surface area contributed by atoms with Gasteiger partial charge in [0.1, 0.15) is 5.92 Å². The third-order valence-electron chi connectivity index (χ3n) is 3.71. The van der Waals surface area contributed by atoms with E-state index in [2.05, 4.69) is 0 Å². The molecule has 0 N–H and O–H groups in total. The fourth-order valence-corrected chi connectivity index (χ4v) is 2.79. The predicted molar refractivity (Wildman–Crippen MR) is 73.3 cm³/mol. The quantitative estimate of drug-likeness (QED) is 0.795. The Bertz CT molecular complexity index is 474. The van der Waals surface area contributed by atoms with Gasteiger partial charge < -0.3 is 14.4 Å². The molecule has 1 aliphatic heterocycles. The summed E-state index contributed by atoms with van der Waals surface area (Å²) in [5.41, 5.74) is 0.861. The number of benzene rings is 1. The molecule has 2 unspecified atom stereocenters. The van der Waals surface area contributed by atoms with Gasteiger partial charge in [-0.05, 0) is 18.4 Å². The van der Waals surface area contributed by atoms with Crippen LogP contribution in [0.3, 0.4) is 0 Å². The van der Waals surface area contributed by atoms with Crippen LogP contribution < -0.4 is 0 Å². The summed E-state index contributed by atoms with van der Waals surface area (Å²) in [4.78, 5) is 25.6. The monoisotopic (exact) mass is 277 g/mol. The van der Waals surface area contributed by atoms with Crippen molar-refractivity contribution < 1.29 is 19.1 Å². The maximum atomic E-state index is 12.2. The molecule has 108 valence electrons. The molecule has 1 fully saturated rings. The van der Waals surface area contributed by atoms with Crippen molar-refractivity contribution in [2.45, 2.75) is 24.8 Å². The van der Waals surface area contributed by atoms with E-state index in [1.165, 1.54) is 14.2 Å². The van der Waals surface area contributed by atoms with Gasteiger partial charge in [0.05, 0.1) is 20.3 Å². The Kier molecular flexibility index (Phi) is 4.61. The van der Waals surface area contributed by atoms with Gasteiger partial charge >= 0.3 is 12.1 Å². The SMILES string of the molecule is COC(=O)C(c1ccccc1)C1CCCN1C(=O)OC. The Morgan fingerprint density at radius 1 is 1.20 bits per heavy atom. The van der Waals surface area contributed by atoms with Gasteiger partial charge in [0, 0.05) is 6.54 Å². The smallest absolute Gasteiger partial charge is 0.409 e. The number of hydrogen-bond acceptors (Lipinski definition) is 4. The Balaban J connectivity index is 2.32. The summed E-state index contributed by atoms with van der Waals surface area (Å²) < 4.78 is 9.72. The zero-order valence-corrected chi connectivity index (χ0v) is 11.7. The first kappa shape index (κ1) is 14.4. The van der Waals surface area contributed by atoms with Crippen LogP contribution in [0, 0.1) is 0 Å². The second-order valence-corrected chi connectivity index (χ2v) is 4.78. The molecule has 1 amide bonds. The highest BCUT2D eigenvalue weighted by Crippen LogP contribution is 2.32. The number of hydrogen-bond donors (Lipinski definition) is 0. The number of methoxy groups -OCH3 is 2. The van der Waals surface area contributed by atoms with Crippen LogP contribution in [0.15, 0.2) is 30.3 Å². The molecule has 0 bridgehead atoms. The van der Waals surface area contributed by atoms with Crippen LogP contribution >= 0.6 is 0 Å². The largest absolute Gasteiger partial charge is 0.468 e. The minimum atomic E-state index is -0.470. The lowest BCUT2D eigenvalue weighted by molar-refractivity contribution is -0.143. The van der Waals surface area contributed by atoms with E-state index in [0.717, 1.165) is 18.4 Å². The fraction of sp³-hybridized carbons (Fsp3) is 0.467. The second kappa shape index (κ2) is 6.41. The van der Waals surface area contributed by atoms with Gasteiger partial charge in [-0.3, -0.25) is 4.79 Å². The average Bonchev–Trinajstić information content (AvgIpc) is 2.96. The first-order valence-corrected chi connectivity index (χ1v) is 6.66. The van der Waals surface area contributed by atoms with Gasteiger partial charge in [-0.25, -0.2) is 4.79 Å². The Labute approximate surface area is 118 Å². The van der Waals surface area contributed by atoms with E-state index >= 15 is 0 Å². The third-order valence-corrected chi connectivity index (χ3v) is 3.71. The van der Waals surface area contributed by atoms with Crippen LogP contribution in [0.5, 0.6) is 0 Å². The standard InChI is InChI=1S/C15H19NO4/c1-19-14(17)13(11-7-4-3-5-8-11)12-9-6-10-16(12)15(18)20-2/h3-5,7-8,12-13H,6,9-10H2,1-2H3. The number of esters is 1. The van der Waals surface area contributed by atoms with E-state index in [9.17, 15) is 9.59 Å². The van der Waals surface area contributed by atoms with Gasteiger partial charge in [-0.1, -0.05) is 30.3 Å². The molecule has 1 heterocycles. The van der Waals surface area contributed by atoms with Crippen molar-refractivity contribution in [1.29, 1.82) is 0 Å². The summed E-state index contributed by atoms with van der Waals surface area (Å²) in [7, 11) is 2.73. The van der Waals surface area contributed by atoms with Gasteiger partial charge in [0.2, 0.25) is 0 Å². The zero-order chi connectivity index (χ0) is 14.5. The molecule has 2 atom stereocenters. The molecule has 1 aromatic carbocycles. The van der Waals surface area contributed by atoms with E-state index in [4.69, 9.17) is 9.47 Å². The second-order valence-electron chi connectivity index (χ2n) is 4.78. The summed E-state index contributed by atoms with van der Waals surface area (Å²) in [5.74, 6) is -0.792. The van der Waals surface area contributed by atoms with Crippen LogP contribution in [0.2, 0.25) is 0 Å². The Morgan fingerprint density at radius 2 is 1.90 bits per heavy atom. The molecule has 0 radical (unpaired) electrons. The van der Waals surface area contributed by atoms with Crippen LogP contribution in [-0.2, 0) is 14.3 Å². The summed E-state index contributed by atoms with van der Waals surface area (Å²) in [6.07, 6.45) is 1.24. The lowest BCUT2D eigenvalue weighted by Crippen LogP contribution is -2.42. The van der Waals surface area contributed by atoms with Crippen LogP contribution in [-0.4, -0.2) is 43.8 Å². The molecule has 1 aromatic rings. The van der Waals surface area contributed by atoms with Crippen LogP contribution in [0.1, 0.15) is 24.3 Å². The number of amides is 1. The number of carbonyl (C=O) groups is 2. The summed E-state index contributed by atoms with van der Waals surface area (Å²) in [5, 5.41) is 0. The molecule has 5 heteroatoms. The molecule has 2 rings (SSSR count). The van der Waals surface area contributed by atoms with Gasteiger partial charge in [-0.2, -0.15) is 0 Å². The zero-order valence-electron chi connectivity index (χ0n) is 11.7. The molecule has 1 saturated heterocycles. The highest BCUT2D eigenvalue weighted by molar-refractivity contribution is 5.80. The predicted octanol–water partition coefficient (Wildman–Crippen LogP) is 2.17. The van der Waals surface area contributed by atoms with Crippen molar-refractivity contribution in [3.63, 3.8) is 0 Å². The highest BCUT2D eigenvalue weighted by atomic mass is 16.5. The summed E-state index contributed by atoms with van der Waals surface area (Å²) in [6.45, 7) is 0.609. The van der Waals surface area contributed by atoms with E-state index in [1.54, 1.807) is 4.90 Å². The summed E-state index contributed by atoms with van der Waals surface area (Å²) in [6, 6.07) is 9.21. The fourth-order valence-electron chi connectivity index (χ4n) is 2.79. The highest BCUT2D eigenvalue weighted by Gasteiger charge is 2.40. The van der Waals surface area contributed by atoms with Crippen LogP contribution in [0.4, 0.5) is 4.79 Å². The minimum absolute atomic E-state index is 0.211. The number of carbonyl (C=O) groups excluding carboxylic acids is 2. The maximum absolute atomic E-state index is 12.2. The van der Waals surface area contributed by atoms with Gasteiger partial charge in [0.15, 0.2) is 0 Å². The normalized spacial score (nSPS) is 19.5. The van der Waals surface area contributed by atoms with E-state index in [-0.39, 0.29) is 12.0 Å². The van der Waals surface area contributed by atoms with E-state index in [0.29, 0.717) is 6.54 Å². The maximum Gasteiger partial charge on any atom is 0.409 e. The summed E-state index contributed by atoms with van der Waals surface area (Å²) >= 11 is 0. The number of nitrogens with zero attached hydrogens (tertiary/aromatic N) is 1. The number of likely N-dealkylation sites (tertiary alicyclic amines) is 1. The molecule has 0 aliphatic carbocycles. The number of ether oxygens (including phenoxy) is 2. The molecule has 5 nitrogen and oxygen atoms in total. The van der Waals surface area contributed by atoms with Crippen LogP contribution in [0.25, 0.3) is 0 Å². The number of rotatable bonds is 3. The van der Waals surface area contributed by atoms with Gasteiger partial charge in [0.25, 0.3) is 0 Å². The lowest BCUT2D eigenvalue weighted by atomic mass is 9.90. The third kappa shape index (κ3) is 2.76.